The lowest BCUT2D eigenvalue weighted by molar-refractivity contribution is 0.215. The van der Waals surface area contributed by atoms with Crippen LogP contribution < -0.4 is 4.90 Å². The molecule has 23 heavy (non-hydrogen) atoms. The van der Waals surface area contributed by atoms with Crippen LogP contribution in [-0.4, -0.2) is 51.2 Å². The lowest BCUT2D eigenvalue weighted by atomic mass is 10.3. The van der Waals surface area contributed by atoms with Crippen molar-refractivity contribution < 1.29 is 4.52 Å². The molecule has 4 rings (SSSR count). The van der Waals surface area contributed by atoms with Crippen molar-refractivity contribution in [3.05, 3.63) is 41.3 Å². The lowest BCUT2D eigenvalue weighted by Crippen LogP contribution is -2.46. The molecule has 0 radical (unpaired) electrons. The van der Waals surface area contributed by atoms with Crippen LogP contribution in [0.4, 0.5) is 5.82 Å². The summed E-state index contributed by atoms with van der Waals surface area (Å²) in [4.78, 5) is 17.5. The molecular weight excluding hydrogens is 312 g/mol. The van der Waals surface area contributed by atoms with Gasteiger partial charge >= 0.3 is 0 Å². The number of nitrogens with zero attached hydrogens (tertiary/aromatic N) is 6. The topological polar surface area (TPSA) is 71.2 Å². The highest BCUT2D eigenvalue weighted by Crippen LogP contribution is 2.19. The minimum Gasteiger partial charge on any atom is -0.353 e. The van der Waals surface area contributed by atoms with Crippen molar-refractivity contribution in [2.45, 2.75) is 6.54 Å². The Hall–Kier alpha value is -2.32. The maximum Gasteiger partial charge on any atom is 0.241 e. The van der Waals surface area contributed by atoms with Crippen molar-refractivity contribution in [1.29, 1.82) is 0 Å². The standard InChI is InChI=1S/C15H16N6OS/c1-8-23-11-12(1)15-18-14(22-19-15)10-20-4-6-21(7-5-20)13-9-16-2-3-17-13/h1-3,8-9,11H,4-7,10H2. The van der Waals surface area contributed by atoms with Gasteiger partial charge in [0.1, 0.15) is 5.82 Å². The molecule has 0 bridgehead atoms. The molecule has 7 nitrogen and oxygen atoms in total. The van der Waals surface area contributed by atoms with Gasteiger partial charge in [-0.1, -0.05) is 5.16 Å². The molecule has 8 heteroatoms. The lowest BCUT2D eigenvalue weighted by Gasteiger charge is -2.34. The highest BCUT2D eigenvalue weighted by molar-refractivity contribution is 7.08. The number of hydrogen-bond acceptors (Lipinski definition) is 8. The van der Waals surface area contributed by atoms with E-state index in [-0.39, 0.29) is 0 Å². The molecule has 3 aromatic rings. The summed E-state index contributed by atoms with van der Waals surface area (Å²) in [6, 6.07) is 2.00. The van der Waals surface area contributed by atoms with E-state index < -0.39 is 0 Å². The van der Waals surface area contributed by atoms with Gasteiger partial charge in [0.2, 0.25) is 11.7 Å². The van der Waals surface area contributed by atoms with Gasteiger partial charge in [-0.15, -0.1) is 0 Å². The summed E-state index contributed by atoms with van der Waals surface area (Å²) in [5.74, 6) is 2.27. The second-order valence-corrected chi connectivity index (χ2v) is 6.13. The van der Waals surface area contributed by atoms with Gasteiger partial charge in [-0.05, 0) is 11.4 Å². The molecule has 0 amide bonds. The molecule has 1 saturated heterocycles. The Morgan fingerprint density at radius 3 is 2.83 bits per heavy atom. The summed E-state index contributed by atoms with van der Waals surface area (Å²) < 4.78 is 5.37. The van der Waals surface area contributed by atoms with Crippen LogP contribution in [0.3, 0.4) is 0 Å². The van der Waals surface area contributed by atoms with Crippen molar-refractivity contribution in [3.8, 4) is 11.4 Å². The summed E-state index contributed by atoms with van der Waals surface area (Å²) in [7, 11) is 0. The number of anilines is 1. The van der Waals surface area contributed by atoms with Crippen LogP contribution in [0.5, 0.6) is 0 Å². The number of piperazine rings is 1. The van der Waals surface area contributed by atoms with Gasteiger partial charge in [-0.3, -0.25) is 9.88 Å². The Balaban J connectivity index is 1.35. The van der Waals surface area contributed by atoms with Gasteiger partial charge in [-0.2, -0.15) is 16.3 Å². The predicted octanol–water partition coefficient (Wildman–Crippen LogP) is 1.91. The molecule has 1 aliphatic heterocycles. The average Bonchev–Trinajstić information content (AvgIpc) is 3.28. The van der Waals surface area contributed by atoms with Crippen LogP contribution >= 0.6 is 11.3 Å². The van der Waals surface area contributed by atoms with E-state index in [1.54, 1.807) is 29.9 Å². The zero-order chi connectivity index (χ0) is 15.5. The van der Waals surface area contributed by atoms with Gasteiger partial charge < -0.3 is 9.42 Å². The molecule has 1 fully saturated rings. The van der Waals surface area contributed by atoms with Gasteiger partial charge in [-0.25, -0.2) is 4.98 Å². The number of rotatable bonds is 4. The third-order valence-corrected chi connectivity index (χ3v) is 4.54. The summed E-state index contributed by atoms with van der Waals surface area (Å²) in [5, 5.41) is 8.08. The first kappa shape index (κ1) is 14.3. The largest absolute Gasteiger partial charge is 0.353 e. The van der Waals surface area contributed by atoms with Crippen LogP contribution in [0.2, 0.25) is 0 Å². The maximum absolute atomic E-state index is 5.37. The quantitative estimate of drug-likeness (QED) is 0.724. The molecular formula is C15H16N6OS. The number of aromatic nitrogens is 4. The molecule has 0 spiro atoms. The Morgan fingerprint density at radius 1 is 1.17 bits per heavy atom. The van der Waals surface area contributed by atoms with Crippen LogP contribution in [0.1, 0.15) is 5.89 Å². The highest BCUT2D eigenvalue weighted by Gasteiger charge is 2.20. The van der Waals surface area contributed by atoms with E-state index in [0.29, 0.717) is 18.3 Å². The molecule has 4 heterocycles. The Morgan fingerprint density at radius 2 is 2.09 bits per heavy atom. The highest BCUT2D eigenvalue weighted by atomic mass is 32.1. The van der Waals surface area contributed by atoms with E-state index in [4.69, 9.17) is 4.52 Å². The SMILES string of the molecule is c1cnc(N2CCN(Cc3nc(-c4ccsc4)no3)CC2)cn1. The van der Waals surface area contributed by atoms with Crippen molar-refractivity contribution in [1.82, 2.24) is 25.0 Å². The van der Waals surface area contributed by atoms with Crippen LogP contribution in [0.15, 0.2) is 39.9 Å². The van der Waals surface area contributed by atoms with Gasteiger partial charge in [0.25, 0.3) is 0 Å². The minimum atomic E-state index is 0.666. The molecule has 3 aromatic heterocycles. The minimum absolute atomic E-state index is 0.666. The summed E-state index contributed by atoms with van der Waals surface area (Å²) in [5.41, 5.74) is 1.01. The normalized spacial score (nSPS) is 15.9. The Labute approximate surface area is 137 Å². The van der Waals surface area contributed by atoms with Crippen molar-refractivity contribution in [2.75, 3.05) is 31.1 Å². The first-order valence-electron chi connectivity index (χ1n) is 7.47. The molecule has 0 saturated carbocycles. The third-order valence-electron chi connectivity index (χ3n) is 3.85. The average molecular weight is 328 g/mol. The van der Waals surface area contributed by atoms with Crippen LogP contribution in [-0.2, 0) is 6.54 Å². The molecule has 1 aliphatic rings. The molecule has 118 valence electrons. The summed E-state index contributed by atoms with van der Waals surface area (Å²) in [6.45, 7) is 4.40. The van der Waals surface area contributed by atoms with Gasteiger partial charge in [0.05, 0.1) is 12.7 Å². The zero-order valence-corrected chi connectivity index (χ0v) is 13.3. The van der Waals surface area contributed by atoms with E-state index in [2.05, 4.69) is 29.9 Å². The van der Waals surface area contributed by atoms with E-state index in [1.807, 2.05) is 16.8 Å². The molecule has 0 N–H and O–H groups in total. The number of hydrogen-bond donors (Lipinski definition) is 0. The fraction of sp³-hybridized carbons (Fsp3) is 0.333. The Kier molecular flexibility index (Phi) is 3.99. The molecule has 0 unspecified atom stereocenters. The fourth-order valence-electron chi connectivity index (χ4n) is 2.61. The smallest absolute Gasteiger partial charge is 0.241 e. The predicted molar refractivity (Wildman–Crippen MR) is 87.1 cm³/mol. The van der Waals surface area contributed by atoms with Gasteiger partial charge in [0.15, 0.2) is 0 Å². The first-order chi connectivity index (χ1) is 11.4. The van der Waals surface area contributed by atoms with E-state index >= 15 is 0 Å². The fourth-order valence-corrected chi connectivity index (χ4v) is 3.24. The molecule has 0 aliphatic carbocycles. The van der Waals surface area contributed by atoms with Crippen molar-refractivity contribution >= 4 is 17.2 Å². The number of thiophene rings is 1. The van der Waals surface area contributed by atoms with E-state index in [9.17, 15) is 0 Å². The Bertz CT molecular complexity index is 736. The summed E-state index contributed by atoms with van der Waals surface area (Å²) >= 11 is 1.63. The zero-order valence-electron chi connectivity index (χ0n) is 12.5. The van der Waals surface area contributed by atoms with Crippen molar-refractivity contribution in [3.63, 3.8) is 0 Å². The second-order valence-electron chi connectivity index (χ2n) is 5.35. The van der Waals surface area contributed by atoms with E-state index in [1.165, 1.54) is 0 Å². The maximum atomic E-state index is 5.37. The molecule has 0 atom stereocenters. The van der Waals surface area contributed by atoms with Crippen LogP contribution in [0, 0.1) is 0 Å². The third kappa shape index (κ3) is 3.22. The van der Waals surface area contributed by atoms with Crippen molar-refractivity contribution in [2.24, 2.45) is 0 Å². The first-order valence-corrected chi connectivity index (χ1v) is 8.41. The monoisotopic (exact) mass is 328 g/mol. The van der Waals surface area contributed by atoms with Gasteiger partial charge in [0, 0.05) is 49.5 Å². The van der Waals surface area contributed by atoms with Crippen LogP contribution in [0.25, 0.3) is 11.4 Å². The molecule has 0 aromatic carbocycles. The summed E-state index contributed by atoms with van der Waals surface area (Å²) in [6.07, 6.45) is 5.23. The van der Waals surface area contributed by atoms with E-state index in [0.717, 1.165) is 37.6 Å². The second kappa shape index (κ2) is 6.43.